The van der Waals surface area contributed by atoms with Crippen molar-refractivity contribution in [2.24, 2.45) is 0 Å². The van der Waals surface area contributed by atoms with Crippen LogP contribution in [0.15, 0.2) is 72.8 Å². The Morgan fingerprint density at radius 3 is 1.30 bits per heavy atom. The SMILES string of the molecule is [CH]=Cc1ccc(N(c2ccc(C)cc2)c2ccc(C)cc2)cc1. The van der Waals surface area contributed by atoms with Crippen LogP contribution >= 0.6 is 0 Å². The molecule has 0 saturated heterocycles. The molecule has 113 valence electrons. The summed E-state index contributed by atoms with van der Waals surface area (Å²) in [6, 6.07) is 25.4. The van der Waals surface area contributed by atoms with Crippen LogP contribution in [-0.2, 0) is 0 Å². The summed E-state index contributed by atoms with van der Waals surface area (Å²) in [6.07, 6.45) is 1.62. The second kappa shape index (κ2) is 6.53. The van der Waals surface area contributed by atoms with E-state index < -0.39 is 0 Å². The van der Waals surface area contributed by atoms with Gasteiger partial charge in [-0.3, -0.25) is 0 Å². The van der Waals surface area contributed by atoms with Crippen LogP contribution in [0.4, 0.5) is 17.1 Å². The standard InChI is InChI=1S/C22H20N/c1-4-19-9-15-22(16-10-19)23(20-11-5-17(2)6-12-20)21-13-7-18(3)8-14-21/h1,4-16H,2-3H3. The van der Waals surface area contributed by atoms with Crippen LogP contribution in [0.2, 0.25) is 0 Å². The van der Waals surface area contributed by atoms with Gasteiger partial charge in [0.25, 0.3) is 0 Å². The number of nitrogens with zero attached hydrogens (tertiary/aromatic N) is 1. The van der Waals surface area contributed by atoms with Crippen molar-refractivity contribution < 1.29 is 0 Å². The molecule has 0 heterocycles. The first-order valence-electron chi connectivity index (χ1n) is 7.76. The van der Waals surface area contributed by atoms with Crippen molar-refractivity contribution in [3.05, 3.63) is 96.1 Å². The molecule has 1 heteroatoms. The summed E-state index contributed by atoms with van der Waals surface area (Å²) >= 11 is 0. The minimum absolute atomic E-state index is 1.02. The van der Waals surface area contributed by atoms with Crippen LogP contribution in [0.25, 0.3) is 6.08 Å². The van der Waals surface area contributed by atoms with E-state index in [0.717, 1.165) is 22.6 Å². The number of rotatable bonds is 4. The van der Waals surface area contributed by atoms with Crippen LogP contribution in [-0.4, -0.2) is 0 Å². The molecule has 3 rings (SSSR count). The van der Waals surface area contributed by atoms with Gasteiger partial charge in [-0.05, 0) is 55.8 Å². The molecule has 3 aromatic rings. The smallest absolute Gasteiger partial charge is 0.0462 e. The highest BCUT2D eigenvalue weighted by Gasteiger charge is 2.11. The Morgan fingerprint density at radius 1 is 0.609 bits per heavy atom. The first kappa shape index (κ1) is 15.1. The third-order valence-electron chi connectivity index (χ3n) is 3.93. The minimum Gasteiger partial charge on any atom is -0.311 e. The van der Waals surface area contributed by atoms with Crippen LogP contribution in [0, 0.1) is 20.4 Å². The highest BCUT2D eigenvalue weighted by atomic mass is 15.1. The van der Waals surface area contributed by atoms with Gasteiger partial charge in [0.2, 0.25) is 0 Å². The number of hydrogen-bond donors (Lipinski definition) is 0. The Labute approximate surface area is 138 Å². The van der Waals surface area contributed by atoms with Gasteiger partial charge in [-0.25, -0.2) is 0 Å². The third-order valence-corrected chi connectivity index (χ3v) is 3.93. The third kappa shape index (κ3) is 3.35. The Kier molecular flexibility index (Phi) is 4.29. The van der Waals surface area contributed by atoms with E-state index in [1.807, 2.05) is 12.1 Å². The molecule has 0 amide bonds. The molecule has 1 radical (unpaired) electrons. The van der Waals surface area contributed by atoms with Crippen LogP contribution < -0.4 is 4.90 Å². The van der Waals surface area contributed by atoms with Crippen LogP contribution in [0.3, 0.4) is 0 Å². The molecule has 0 fully saturated rings. The molecule has 23 heavy (non-hydrogen) atoms. The summed E-state index contributed by atoms with van der Waals surface area (Å²) in [7, 11) is 0. The predicted octanol–water partition coefficient (Wildman–Crippen LogP) is 6.22. The number of benzene rings is 3. The van der Waals surface area contributed by atoms with Gasteiger partial charge in [0.15, 0.2) is 0 Å². The van der Waals surface area contributed by atoms with Gasteiger partial charge in [0.1, 0.15) is 0 Å². The molecule has 0 atom stereocenters. The molecule has 0 N–H and O–H groups in total. The Bertz CT molecular complexity index is 735. The Morgan fingerprint density at radius 2 is 0.957 bits per heavy atom. The summed E-state index contributed by atoms with van der Waals surface area (Å²) in [5, 5.41) is 0. The van der Waals surface area contributed by atoms with Gasteiger partial charge in [-0.2, -0.15) is 0 Å². The highest BCUT2D eigenvalue weighted by Crippen LogP contribution is 2.34. The molecule has 0 bridgehead atoms. The van der Waals surface area contributed by atoms with Gasteiger partial charge < -0.3 is 4.90 Å². The lowest BCUT2D eigenvalue weighted by molar-refractivity contribution is 1.27. The molecular weight excluding hydrogens is 278 g/mol. The van der Waals surface area contributed by atoms with Crippen molar-refractivity contribution in [2.75, 3.05) is 4.90 Å². The van der Waals surface area contributed by atoms with Crippen molar-refractivity contribution in [1.82, 2.24) is 0 Å². The quantitative estimate of drug-likeness (QED) is 0.552. The maximum atomic E-state index is 5.59. The van der Waals surface area contributed by atoms with Crippen molar-refractivity contribution in [3.63, 3.8) is 0 Å². The summed E-state index contributed by atoms with van der Waals surface area (Å²) in [5.41, 5.74) is 6.93. The zero-order valence-electron chi connectivity index (χ0n) is 13.5. The van der Waals surface area contributed by atoms with E-state index in [9.17, 15) is 0 Å². The second-order valence-corrected chi connectivity index (χ2v) is 5.76. The molecule has 0 aliphatic rings. The lowest BCUT2D eigenvalue weighted by Gasteiger charge is -2.25. The fourth-order valence-electron chi connectivity index (χ4n) is 2.57. The maximum absolute atomic E-state index is 5.59. The number of hydrogen-bond acceptors (Lipinski definition) is 1. The maximum Gasteiger partial charge on any atom is 0.0462 e. The normalized spacial score (nSPS) is 10.3. The lowest BCUT2D eigenvalue weighted by atomic mass is 10.1. The Balaban J connectivity index is 2.10. The average molecular weight is 298 g/mol. The van der Waals surface area contributed by atoms with Crippen molar-refractivity contribution >= 4 is 23.1 Å². The zero-order chi connectivity index (χ0) is 16.2. The monoisotopic (exact) mass is 298 g/mol. The van der Waals surface area contributed by atoms with E-state index >= 15 is 0 Å². The van der Waals surface area contributed by atoms with Crippen molar-refractivity contribution in [1.29, 1.82) is 0 Å². The fourth-order valence-corrected chi connectivity index (χ4v) is 2.57. The molecule has 0 saturated carbocycles. The molecule has 0 aliphatic heterocycles. The number of aryl methyl sites for hydroxylation is 2. The Hall–Kier alpha value is -2.80. The molecule has 0 unspecified atom stereocenters. The lowest BCUT2D eigenvalue weighted by Crippen LogP contribution is -2.09. The topological polar surface area (TPSA) is 3.24 Å². The summed E-state index contributed by atoms with van der Waals surface area (Å²) in [6.45, 7) is 9.80. The van der Waals surface area contributed by atoms with E-state index in [1.54, 1.807) is 6.08 Å². The van der Waals surface area contributed by atoms with Crippen molar-refractivity contribution in [3.8, 4) is 0 Å². The molecule has 0 spiro atoms. The average Bonchev–Trinajstić information content (AvgIpc) is 2.59. The molecule has 3 aromatic carbocycles. The van der Waals surface area contributed by atoms with Crippen LogP contribution in [0.1, 0.15) is 16.7 Å². The largest absolute Gasteiger partial charge is 0.311 e. The first-order chi connectivity index (χ1) is 11.2. The van der Waals surface area contributed by atoms with Gasteiger partial charge in [-0.15, -0.1) is 0 Å². The molecule has 1 nitrogen and oxygen atoms in total. The minimum atomic E-state index is 1.02. The molecular formula is C22H20N. The summed E-state index contributed by atoms with van der Waals surface area (Å²) in [5.74, 6) is 0. The zero-order valence-corrected chi connectivity index (χ0v) is 13.5. The predicted molar refractivity (Wildman–Crippen MR) is 99.4 cm³/mol. The number of anilines is 3. The second-order valence-electron chi connectivity index (χ2n) is 5.76. The van der Waals surface area contributed by atoms with Crippen molar-refractivity contribution in [2.45, 2.75) is 13.8 Å². The van der Waals surface area contributed by atoms with E-state index in [2.05, 4.69) is 79.4 Å². The van der Waals surface area contributed by atoms with E-state index in [-0.39, 0.29) is 0 Å². The van der Waals surface area contributed by atoms with Crippen LogP contribution in [0.5, 0.6) is 0 Å². The summed E-state index contributed by atoms with van der Waals surface area (Å²) in [4.78, 5) is 2.25. The van der Waals surface area contributed by atoms with E-state index in [1.165, 1.54) is 11.1 Å². The summed E-state index contributed by atoms with van der Waals surface area (Å²) < 4.78 is 0. The van der Waals surface area contributed by atoms with Gasteiger partial charge in [-0.1, -0.05) is 60.2 Å². The first-order valence-corrected chi connectivity index (χ1v) is 7.76. The highest BCUT2D eigenvalue weighted by molar-refractivity contribution is 5.77. The van der Waals surface area contributed by atoms with Gasteiger partial charge in [0.05, 0.1) is 0 Å². The van der Waals surface area contributed by atoms with E-state index in [4.69, 9.17) is 6.58 Å². The van der Waals surface area contributed by atoms with Gasteiger partial charge >= 0.3 is 0 Å². The molecule has 0 aromatic heterocycles. The van der Waals surface area contributed by atoms with Gasteiger partial charge in [0, 0.05) is 17.1 Å². The molecule has 0 aliphatic carbocycles. The van der Waals surface area contributed by atoms with E-state index in [0.29, 0.717) is 0 Å². The fraction of sp³-hybridized carbons (Fsp3) is 0.0909.